The van der Waals surface area contributed by atoms with Crippen LogP contribution in [0.5, 0.6) is 5.75 Å². The SMILES string of the molecule is COc1ccc2nccc(CCC[C@@H]3CCN(CCSc4cn[nH]c4C)C[C@@H]3CC(=O)O)c2c1. The minimum absolute atomic E-state index is 0.209. The van der Waals surface area contributed by atoms with E-state index in [2.05, 4.69) is 32.2 Å². The first kappa shape index (κ1) is 24.5. The molecule has 182 valence electrons. The van der Waals surface area contributed by atoms with Crippen molar-refractivity contribution in [3.63, 3.8) is 0 Å². The number of likely N-dealkylation sites (tertiary alicyclic amines) is 1. The number of hydrogen-bond donors (Lipinski definition) is 2. The fourth-order valence-electron chi connectivity index (χ4n) is 5.05. The standard InChI is InChI=1S/C26H34N4O3S/c1-18-25(16-28-29-18)34-13-12-30-11-9-19(21(17-30)14-26(31)32)4-3-5-20-8-10-27-24-7-6-22(33-2)15-23(20)24/h6-8,10,15-16,19,21H,3-5,9,11-14,17H2,1-2H3,(H,28,29)(H,31,32)/t19-,21+/m1/s1. The molecule has 2 N–H and O–H groups in total. The van der Waals surface area contributed by atoms with Gasteiger partial charge in [0.2, 0.25) is 0 Å². The number of hydrogen-bond acceptors (Lipinski definition) is 6. The smallest absolute Gasteiger partial charge is 0.303 e. The summed E-state index contributed by atoms with van der Waals surface area (Å²) in [7, 11) is 1.68. The van der Waals surface area contributed by atoms with Crippen LogP contribution in [0.1, 0.15) is 36.9 Å². The van der Waals surface area contributed by atoms with Crippen LogP contribution in [0.2, 0.25) is 0 Å². The summed E-state index contributed by atoms with van der Waals surface area (Å²) in [5.74, 6) is 1.81. The van der Waals surface area contributed by atoms with Gasteiger partial charge in [0.1, 0.15) is 5.75 Å². The Balaban J connectivity index is 1.31. The van der Waals surface area contributed by atoms with Gasteiger partial charge in [-0.05, 0) is 80.8 Å². The van der Waals surface area contributed by atoms with E-state index in [1.165, 1.54) is 10.5 Å². The Morgan fingerprint density at radius 3 is 2.97 bits per heavy atom. The van der Waals surface area contributed by atoms with Gasteiger partial charge in [-0.15, -0.1) is 11.8 Å². The van der Waals surface area contributed by atoms with Crippen LogP contribution in [0, 0.1) is 18.8 Å². The maximum atomic E-state index is 11.6. The molecule has 1 aliphatic rings. The van der Waals surface area contributed by atoms with Gasteiger partial charge in [-0.2, -0.15) is 5.10 Å². The first-order chi connectivity index (χ1) is 16.5. The summed E-state index contributed by atoms with van der Waals surface area (Å²) < 4.78 is 5.40. The molecule has 4 rings (SSSR count). The van der Waals surface area contributed by atoms with Crippen molar-refractivity contribution in [3.05, 3.63) is 47.9 Å². The molecule has 0 bridgehead atoms. The van der Waals surface area contributed by atoms with Gasteiger partial charge in [0.25, 0.3) is 0 Å². The third-order valence-corrected chi connectivity index (χ3v) is 8.03. The van der Waals surface area contributed by atoms with Crippen molar-refractivity contribution in [2.75, 3.05) is 32.5 Å². The average molecular weight is 483 g/mol. The lowest BCUT2D eigenvalue weighted by molar-refractivity contribution is -0.139. The van der Waals surface area contributed by atoms with E-state index >= 15 is 0 Å². The van der Waals surface area contributed by atoms with E-state index in [-0.39, 0.29) is 12.3 Å². The molecule has 34 heavy (non-hydrogen) atoms. The molecule has 0 unspecified atom stereocenters. The van der Waals surface area contributed by atoms with Crippen LogP contribution in [-0.2, 0) is 11.2 Å². The fraction of sp³-hybridized carbons (Fsp3) is 0.500. The Morgan fingerprint density at radius 1 is 1.32 bits per heavy atom. The molecule has 0 saturated carbocycles. The third kappa shape index (κ3) is 6.30. The van der Waals surface area contributed by atoms with Gasteiger partial charge >= 0.3 is 5.97 Å². The molecule has 2 aromatic heterocycles. The van der Waals surface area contributed by atoms with E-state index in [1.807, 2.05) is 43.2 Å². The number of thioether (sulfide) groups is 1. The molecule has 2 atom stereocenters. The Labute approximate surface area is 205 Å². The molecule has 0 aliphatic carbocycles. The molecule has 1 aliphatic heterocycles. The number of piperidine rings is 1. The highest BCUT2D eigenvalue weighted by molar-refractivity contribution is 7.99. The molecule has 1 fully saturated rings. The largest absolute Gasteiger partial charge is 0.497 e. The van der Waals surface area contributed by atoms with Crippen molar-refractivity contribution in [3.8, 4) is 5.75 Å². The Kier molecular flexibility index (Phi) is 8.45. The van der Waals surface area contributed by atoms with Crippen molar-refractivity contribution in [1.29, 1.82) is 0 Å². The number of nitrogens with zero attached hydrogens (tertiary/aromatic N) is 3. The Bertz CT molecular complexity index is 1100. The number of benzene rings is 1. The first-order valence-electron chi connectivity index (χ1n) is 12.0. The predicted octanol–water partition coefficient (Wildman–Crippen LogP) is 4.80. The number of carbonyl (C=O) groups is 1. The lowest BCUT2D eigenvalue weighted by Crippen LogP contribution is -2.42. The number of ether oxygens (including phenoxy) is 1. The van der Waals surface area contributed by atoms with E-state index in [9.17, 15) is 9.90 Å². The zero-order valence-electron chi connectivity index (χ0n) is 20.0. The molecule has 1 aromatic carbocycles. The van der Waals surface area contributed by atoms with Gasteiger partial charge < -0.3 is 14.7 Å². The zero-order chi connectivity index (χ0) is 23.9. The van der Waals surface area contributed by atoms with Crippen LogP contribution in [-0.4, -0.2) is 63.7 Å². The number of methoxy groups -OCH3 is 1. The number of carboxylic acid groups (broad SMARTS) is 1. The van der Waals surface area contributed by atoms with Crippen molar-refractivity contribution >= 4 is 28.6 Å². The summed E-state index contributed by atoms with van der Waals surface area (Å²) in [4.78, 5) is 19.7. The number of aliphatic carboxylic acids is 1. The highest BCUT2D eigenvalue weighted by atomic mass is 32.2. The van der Waals surface area contributed by atoms with Gasteiger partial charge in [0.05, 0.1) is 18.8 Å². The minimum atomic E-state index is -0.688. The number of pyridine rings is 1. The van der Waals surface area contributed by atoms with Crippen molar-refractivity contribution < 1.29 is 14.6 Å². The topological polar surface area (TPSA) is 91.3 Å². The maximum Gasteiger partial charge on any atom is 0.303 e. The molecular formula is C26H34N4O3S. The second kappa shape index (κ2) is 11.7. The molecule has 1 saturated heterocycles. The summed E-state index contributed by atoms with van der Waals surface area (Å²) in [5, 5.41) is 17.7. The van der Waals surface area contributed by atoms with Gasteiger partial charge in [-0.25, -0.2) is 0 Å². The van der Waals surface area contributed by atoms with Crippen LogP contribution in [0.25, 0.3) is 10.9 Å². The van der Waals surface area contributed by atoms with Crippen molar-refractivity contribution in [2.45, 2.75) is 43.9 Å². The molecule has 0 spiro atoms. The van der Waals surface area contributed by atoms with Crippen LogP contribution in [0.4, 0.5) is 0 Å². The summed E-state index contributed by atoms with van der Waals surface area (Å²) >= 11 is 1.81. The quantitative estimate of drug-likeness (QED) is 0.379. The highest BCUT2D eigenvalue weighted by Crippen LogP contribution is 2.32. The number of fused-ring (bicyclic) bond motifs is 1. The van der Waals surface area contributed by atoms with Crippen molar-refractivity contribution in [1.82, 2.24) is 20.1 Å². The van der Waals surface area contributed by atoms with Crippen LogP contribution in [0.15, 0.2) is 41.6 Å². The number of aromatic amines is 1. The van der Waals surface area contributed by atoms with Gasteiger partial charge in [-0.1, -0.05) is 0 Å². The first-order valence-corrected chi connectivity index (χ1v) is 13.0. The van der Waals surface area contributed by atoms with Crippen LogP contribution < -0.4 is 4.74 Å². The van der Waals surface area contributed by atoms with Crippen molar-refractivity contribution in [2.24, 2.45) is 11.8 Å². The number of aryl methyl sites for hydroxylation is 2. The van der Waals surface area contributed by atoms with Crippen LogP contribution in [0.3, 0.4) is 0 Å². The summed E-state index contributed by atoms with van der Waals surface area (Å²) in [6, 6.07) is 8.10. The van der Waals surface area contributed by atoms with Gasteiger partial charge in [0.15, 0.2) is 0 Å². The molecule has 3 aromatic rings. The zero-order valence-corrected chi connectivity index (χ0v) is 20.8. The van der Waals surface area contributed by atoms with Crippen LogP contribution >= 0.6 is 11.8 Å². The van der Waals surface area contributed by atoms with E-state index in [1.54, 1.807) is 7.11 Å². The molecule has 7 nitrogen and oxygen atoms in total. The minimum Gasteiger partial charge on any atom is -0.497 e. The maximum absolute atomic E-state index is 11.6. The normalized spacial score (nSPS) is 18.9. The average Bonchev–Trinajstić information content (AvgIpc) is 3.24. The lowest BCUT2D eigenvalue weighted by atomic mass is 9.80. The van der Waals surface area contributed by atoms with Gasteiger partial charge in [-0.3, -0.25) is 14.9 Å². The molecule has 0 radical (unpaired) electrons. The summed E-state index contributed by atoms with van der Waals surface area (Å²) in [6.07, 6.45) is 8.14. The van der Waals surface area contributed by atoms with E-state index in [4.69, 9.17) is 4.74 Å². The molecule has 0 amide bonds. The number of H-pyrrole nitrogens is 1. The molecule has 8 heteroatoms. The second-order valence-electron chi connectivity index (χ2n) is 9.16. The van der Waals surface area contributed by atoms with E-state index in [0.29, 0.717) is 5.92 Å². The molecule has 3 heterocycles. The highest BCUT2D eigenvalue weighted by Gasteiger charge is 2.30. The summed E-state index contributed by atoms with van der Waals surface area (Å²) in [6.45, 7) is 4.93. The van der Waals surface area contributed by atoms with Gasteiger partial charge in [0, 0.05) is 47.4 Å². The fourth-order valence-corrected chi connectivity index (χ4v) is 6.01. The number of aromatic nitrogens is 3. The predicted molar refractivity (Wildman–Crippen MR) is 136 cm³/mol. The number of nitrogens with one attached hydrogen (secondary N) is 1. The second-order valence-corrected chi connectivity index (χ2v) is 10.3. The number of rotatable bonds is 11. The third-order valence-electron chi connectivity index (χ3n) is 6.92. The monoisotopic (exact) mass is 482 g/mol. The Morgan fingerprint density at radius 2 is 2.21 bits per heavy atom. The lowest BCUT2D eigenvalue weighted by Gasteiger charge is -2.38. The van der Waals surface area contributed by atoms with E-state index < -0.39 is 5.97 Å². The van der Waals surface area contributed by atoms with E-state index in [0.717, 1.165) is 73.4 Å². The number of carboxylic acids is 1. The Hall–Kier alpha value is -2.58. The molecular weight excluding hydrogens is 448 g/mol. The summed E-state index contributed by atoms with van der Waals surface area (Å²) in [5.41, 5.74) is 3.37.